The van der Waals surface area contributed by atoms with Crippen molar-refractivity contribution in [3.8, 4) is 0 Å². The summed E-state index contributed by atoms with van der Waals surface area (Å²) in [4.78, 5) is 12.0. The molecule has 0 aromatic rings. The van der Waals surface area contributed by atoms with Crippen molar-refractivity contribution in [1.82, 2.24) is 10.6 Å². The quantitative estimate of drug-likeness (QED) is 0.371. The Balaban J connectivity index is 2.12. The lowest BCUT2D eigenvalue weighted by Crippen LogP contribution is -3.07. The molecule has 0 saturated heterocycles. The molecule has 0 amide bonds. The molecule has 2 aliphatic rings. The predicted molar refractivity (Wildman–Crippen MR) is 46.0 cm³/mol. The fourth-order valence-electron chi connectivity index (χ4n) is 1.84. The van der Waals surface area contributed by atoms with Crippen LogP contribution in [0.3, 0.4) is 0 Å². The fourth-order valence-corrected chi connectivity index (χ4v) is 1.84. The first kappa shape index (κ1) is 8.52. The van der Waals surface area contributed by atoms with Crippen LogP contribution < -0.4 is 15.5 Å². The molecule has 0 aliphatic carbocycles. The van der Waals surface area contributed by atoms with Crippen LogP contribution in [0.25, 0.3) is 0 Å². The Morgan fingerprint density at radius 3 is 3.15 bits per heavy atom. The number of carboxylic acid groups (broad SMARTS) is 1. The van der Waals surface area contributed by atoms with E-state index in [0.717, 1.165) is 12.4 Å². The Kier molecular flexibility index (Phi) is 1.97. The highest BCUT2D eigenvalue weighted by Gasteiger charge is 2.33. The maximum absolute atomic E-state index is 10.7. The minimum Gasteiger partial charge on any atom is -0.480 e. The van der Waals surface area contributed by atoms with E-state index in [-0.39, 0.29) is 0 Å². The van der Waals surface area contributed by atoms with Crippen molar-refractivity contribution in [3.05, 3.63) is 11.4 Å². The minimum absolute atomic E-state index is 0.419. The van der Waals surface area contributed by atoms with Gasteiger partial charge in [-0.3, -0.25) is 15.0 Å². The van der Waals surface area contributed by atoms with Crippen LogP contribution in [0, 0.1) is 0 Å². The second kappa shape index (κ2) is 3.01. The number of carbonyl (C=O) groups is 1. The van der Waals surface area contributed by atoms with Gasteiger partial charge in [-0.25, -0.2) is 0 Å². The van der Waals surface area contributed by atoms with Gasteiger partial charge >= 0.3 is 5.97 Å². The topological polar surface area (TPSA) is 65.8 Å². The van der Waals surface area contributed by atoms with Crippen molar-refractivity contribution in [2.75, 3.05) is 20.3 Å². The minimum atomic E-state index is -0.766. The number of rotatable bonds is 1. The second-order valence-corrected chi connectivity index (χ2v) is 3.57. The summed E-state index contributed by atoms with van der Waals surface area (Å²) >= 11 is 0. The van der Waals surface area contributed by atoms with Gasteiger partial charge in [-0.05, 0) is 0 Å². The largest absolute Gasteiger partial charge is 0.480 e. The van der Waals surface area contributed by atoms with Gasteiger partial charge in [0.15, 0.2) is 6.67 Å². The van der Waals surface area contributed by atoms with Gasteiger partial charge in [0.1, 0.15) is 11.7 Å². The SMILES string of the molecule is C[NH+]1CNC2=C1CNC(C(=O)O)C2. The predicted octanol–water partition coefficient (Wildman–Crippen LogP) is -2.28. The van der Waals surface area contributed by atoms with Crippen molar-refractivity contribution in [1.29, 1.82) is 0 Å². The van der Waals surface area contributed by atoms with Crippen molar-refractivity contribution < 1.29 is 14.8 Å². The molecule has 5 heteroatoms. The molecule has 0 bridgehead atoms. The van der Waals surface area contributed by atoms with Gasteiger partial charge in [0.2, 0.25) is 0 Å². The van der Waals surface area contributed by atoms with Crippen LogP contribution in [0.5, 0.6) is 0 Å². The Bertz CT molecular complexity index is 275. The number of aliphatic carboxylic acids is 1. The summed E-state index contributed by atoms with van der Waals surface area (Å²) < 4.78 is 0. The number of hydrogen-bond acceptors (Lipinski definition) is 3. The van der Waals surface area contributed by atoms with E-state index in [1.165, 1.54) is 10.6 Å². The molecule has 13 heavy (non-hydrogen) atoms. The molecular formula is C8H14N3O2+. The number of likely N-dealkylation sites (N-methyl/N-ethyl adjacent to an activating group) is 1. The third-order valence-corrected chi connectivity index (χ3v) is 2.68. The zero-order valence-electron chi connectivity index (χ0n) is 7.55. The zero-order chi connectivity index (χ0) is 9.42. The standard InChI is InChI=1S/C8H13N3O2/c1-11-4-10-5-2-6(8(12)13)9-3-7(5)11/h6,9-10H,2-4H2,1H3,(H,12,13)/p+1. The monoisotopic (exact) mass is 184 g/mol. The van der Waals surface area contributed by atoms with Crippen LogP contribution in [0.2, 0.25) is 0 Å². The smallest absolute Gasteiger partial charge is 0.321 e. The number of quaternary nitrogens is 1. The van der Waals surface area contributed by atoms with Crippen molar-refractivity contribution in [3.63, 3.8) is 0 Å². The molecular weight excluding hydrogens is 170 g/mol. The van der Waals surface area contributed by atoms with E-state index in [9.17, 15) is 4.79 Å². The van der Waals surface area contributed by atoms with Gasteiger partial charge in [-0.2, -0.15) is 0 Å². The lowest BCUT2D eigenvalue weighted by molar-refractivity contribution is -0.835. The lowest BCUT2D eigenvalue weighted by Gasteiger charge is -2.20. The first-order valence-electron chi connectivity index (χ1n) is 4.43. The maximum atomic E-state index is 10.7. The van der Waals surface area contributed by atoms with Crippen molar-refractivity contribution in [2.45, 2.75) is 12.5 Å². The van der Waals surface area contributed by atoms with E-state index >= 15 is 0 Å². The summed E-state index contributed by atoms with van der Waals surface area (Å²) in [5, 5.41) is 15.0. The molecule has 0 radical (unpaired) electrons. The highest BCUT2D eigenvalue weighted by Crippen LogP contribution is 2.12. The van der Waals surface area contributed by atoms with Crippen LogP contribution in [-0.2, 0) is 4.79 Å². The second-order valence-electron chi connectivity index (χ2n) is 3.57. The van der Waals surface area contributed by atoms with E-state index in [2.05, 4.69) is 17.7 Å². The van der Waals surface area contributed by atoms with E-state index < -0.39 is 12.0 Å². The summed E-state index contributed by atoms with van der Waals surface area (Å²) in [6.45, 7) is 1.56. The highest BCUT2D eigenvalue weighted by molar-refractivity contribution is 5.74. The average molecular weight is 184 g/mol. The molecule has 2 unspecified atom stereocenters. The van der Waals surface area contributed by atoms with E-state index in [1.807, 2.05) is 0 Å². The lowest BCUT2D eigenvalue weighted by atomic mass is 10.1. The van der Waals surface area contributed by atoms with Crippen molar-refractivity contribution in [2.24, 2.45) is 0 Å². The average Bonchev–Trinajstić information content (AvgIpc) is 2.47. The van der Waals surface area contributed by atoms with Crippen LogP contribution in [0.15, 0.2) is 11.4 Å². The molecule has 0 aromatic carbocycles. The summed E-state index contributed by atoms with van der Waals surface area (Å²) in [7, 11) is 2.08. The first-order valence-corrected chi connectivity index (χ1v) is 4.43. The van der Waals surface area contributed by atoms with Crippen LogP contribution in [0.1, 0.15) is 6.42 Å². The molecule has 0 saturated carbocycles. The zero-order valence-corrected chi connectivity index (χ0v) is 7.55. The normalized spacial score (nSPS) is 32.7. The molecule has 2 rings (SSSR count). The number of hydrogen-bond donors (Lipinski definition) is 4. The fraction of sp³-hybridized carbons (Fsp3) is 0.625. The molecule has 2 atom stereocenters. The van der Waals surface area contributed by atoms with Crippen LogP contribution >= 0.6 is 0 Å². The number of nitrogens with one attached hydrogen (secondary N) is 3. The van der Waals surface area contributed by atoms with E-state index in [0.29, 0.717) is 13.0 Å². The molecule has 72 valence electrons. The molecule has 4 N–H and O–H groups in total. The first-order chi connectivity index (χ1) is 6.18. The van der Waals surface area contributed by atoms with Crippen LogP contribution in [0.4, 0.5) is 0 Å². The number of carboxylic acids is 1. The Morgan fingerprint density at radius 1 is 1.69 bits per heavy atom. The Hall–Kier alpha value is -1.07. The van der Waals surface area contributed by atoms with Gasteiger partial charge in [0.05, 0.1) is 19.3 Å². The van der Waals surface area contributed by atoms with E-state index in [1.54, 1.807) is 0 Å². The van der Waals surface area contributed by atoms with Gasteiger partial charge in [-0.1, -0.05) is 0 Å². The summed E-state index contributed by atoms with van der Waals surface area (Å²) in [5.41, 5.74) is 2.39. The summed E-state index contributed by atoms with van der Waals surface area (Å²) in [6, 6.07) is -0.419. The van der Waals surface area contributed by atoms with Crippen LogP contribution in [-0.4, -0.2) is 37.4 Å². The summed E-state index contributed by atoms with van der Waals surface area (Å²) in [5.74, 6) is -0.766. The van der Waals surface area contributed by atoms with Gasteiger partial charge in [0, 0.05) is 6.42 Å². The highest BCUT2D eigenvalue weighted by atomic mass is 16.4. The molecule has 0 fully saturated rings. The van der Waals surface area contributed by atoms with Gasteiger partial charge in [-0.15, -0.1) is 0 Å². The molecule has 2 aliphatic heterocycles. The third-order valence-electron chi connectivity index (χ3n) is 2.68. The van der Waals surface area contributed by atoms with Gasteiger partial charge in [0.25, 0.3) is 0 Å². The van der Waals surface area contributed by atoms with Gasteiger partial charge < -0.3 is 10.4 Å². The van der Waals surface area contributed by atoms with Crippen molar-refractivity contribution >= 4 is 5.97 Å². The van der Waals surface area contributed by atoms with E-state index in [4.69, 9.17) is 5.11 Å². The molecule has 0 aromatic heterocycles. The molecule has 5 nitrogen and oxygen atoms in total. The Labute approximate surface area is 76.4 Å². The molecule has 2 heterocycles. The molecule has 0 spiro atoms. The summed E-state index contributed by atoms with van der Waals surface area (Å²) in [6.07, 6.45) is 0.585. The maximum Gasteiger partial charge on any atom is 0.321 e. The Morgan fingerprint density at radius 2 is 2.46 bits per heavy atom. The third kappa shape index (κ3) is 1.40.